The largest absolute Gasteiger partial charge is 0.358 e. The van der Waals surface area contributed by atoms with Crippen LogP contribution < -0.4 is 4.90 Å². The van der Waals surface area contributed by atoms with Crippen molar-refractivity contribution in [2.75, 3.05) is 38.1 Å². The molecule has 0 aromatic carbocycles. The molecule has 0 bridgehead atoms. The molecule has 0 spiro atoms. The van der Waals surface area contributed by atoms with E-state index >= 15 is 0 Å². The van der Waals surface area contributed by atoms with Gasteiger partial charge >= 0.3 is 0 Å². The van der Waals surface area contributed by atoms with Crippen LogP contribution in [0.1, 0.15) is 12.8 Å². The van der Waals surface area contributed by atoms with E-state index in [4.69, 9.17) is 11.6 Å². The van der Waals surface area contributed by atoms with Crippen molar-refractivity contribution in [2.24, 2.45) is 0 Å². The van der Waals surface area contributed by atoms with Crippen LogP contribution >= 0.6 is 11.6 Å². The van der Waals surface area contributed by atoms with Gasteiger partial charge in [-0.25, -0.2) is 4.98 Å². The normalized spacial score (nSPS) is 16.6. The zero-order valence-corrected chi connectivity index (χ0v) is 10.5. The van der Waals surface area contributed by atoms with E-state index in [1.54, 1.807) is 6.07 Å². The maximum Gasteiger partial charge on any atom is 0.131 e. The number of hydrogen-bond acceptors (Lipinski definition) is 3. The van der Waals surface area contributed by atoms with Crippen molar-refractivity contribution < 1.29 is 0 Å². The van der Waals surface area contributed by atoms with E-state index in [2.05, 4.69) is 21.8 Å². The second kappa shape index (κ2) is 5.51. The van der Waals surface area contributed by atoms with E-state index in [1.807, 2.05) is 12.1 Å². The molecule has 0 unspecified atom stereocenters. The highest BCUT2D eigenvalue weighted by atomic mass is 35.5. The highest BCUT2D eigenvalue weighted by Gasteiger charge is 2.12. The highest BCUT2D eigenvalue weighted by molar-refractivity contribution is 6.29. The molecule has 1 aliphatic heterocycles. The van der Waals surface area contributed by atoms with Gasteiger partial charge in [0.05, 0.1) is 0 Å². The van der Waals surface area contributed by atoms with Crippen LogP contribution in [0.2, 0.25) is 5.15 Å². The molecule has 2 heterocycles. The number of hydrogen-bond donors (Lipinski definition) is 0. The molecule has 0 amide bonds. The summed E-state index contributed by atoms with van der Waals surface area (Å²) in [5.74, 6) is 0.951. The summed E-state index contributed by atoms with van der Waals surface area (Å²) in [5, 5.41) is 0.561. The molecule has 0 atom stereocenters. The second-order valence-corrected chi connectivity index (χ2v) is 4.68. The van der Waals surface area contributed by atoms with Gasteiger partial charge in [-0.05, 0) is 38.1 Å². The summed E-state index contributed by atoms with van der Waals surface area (Å²) in [5.41, 5.74) is 0. The third kappa shape index (κ3) is 3.09. The lowest BCUT2D eigenvalue weighted by molar-refractivity contribution is 0.346. The van der Waals surface area contributed by atoms with Gasteiger partial charge in [-0.15, -0.1) is 0 Å². The van der Waals surface area contributed by atoms with Crippen molar-refractivity contribution in [3.8, 4) is 0 Å². The van der Waals surface area contributed by atoms with Crippen LogP contribution in [-0.2, 0) is 0 Å². The van der Waals surface area contributed by atoms with Crippen LogP contribution in [0.4, 0.5) is 5.82 Å². The zero-order valence-electron chi connectivity index (χ0n) is 9.69. The number of rotatable bonds is 4. The van der Waals surface area contributed by atoms with Crippen molar-refractivity contribution in [1.82, 2.24) is 9.88 Å². The molecule has 0 aliphatic carbocycles. The Morgan fingerprint density at radius 2 is 2.12 bits per heavy atom. The van der Waals surface area contributed by atoms with Gasteiger partial charge in [-0.1, -0.05) is 17.7 Å². The SMILES string of the molecule is CN(CCN1CCCC1)c1cccc(Cl)n1. The van der Waals surface area contributed by atoms with Gasteiger partial charge in [0, 0.05) is 20.1 Å². The monoisotopic (exact) mass is 239 g/mol. The first-order valence-electron chi connectivity index (χ1n) is 5.82. The van der Waals surface area contributed by atoms with Gasteiger partial charge < -0.3 is 9.80 Å². The predicted octanol–water partition coefficient (Wildman–Crippen LogP) is 2.27. The average Bonchev–Trinajstić information content (AvgIpc) is 2.78. The first kappa shape index (κ1) is 11.7. The molecule has 1 fully saturated rings. The van der Waals surface area contributed by atoms with Gasteiger partial charge in [-0.3, -0.25) is 0 Å². The summed E-state index contributed by atoms with van der Waals surface area (Å²) >= 11 is 5.87. The van der Waals surface area contributed by atoms with Crippen molar-refractivity contribution in [2.45, 2.75) is 12.8 Å². The van der Waals surface area contributed by atoms with E-state index in [-0.39, 0.29) is 0 Å². The first-order chi connectivity index (χ1) is 7.75. The van der Waals surface area contributed by atoms with Crippen LogP contribution in [0.3, 0.4) is 0 Å². The van der Waals surface area contributed by atoms with Crippen LogP contribution in [0.25, 0.3) is 0 Å². The van der Waals surface area contributed by atoms with Crippen molar-refractivity contribution in [3.63, 3.8) is 0 Å². The molecule has 1 aromatic heterocycles. The summed E-state index contributed by atoms with van der Waals surface area (Å²) in [7, 11) is 2.06. The Morgan fingerprint density at radius 1 is 1.38 bits per heavy atom. The molecule has 2 rings (SSSR count). The van der Waals surface area contributed by atoms with Gasteiger partial charge in [0.2, 0.25) is 0 Å². The number of anilines is 1. The Hall–Kier alpha value is -0.800. The fourth-order valence-corrected chi connectivity index (χ4v) is 2.18. The molecule has 0 N–H and O–H groups in total. The predicted molar refractivity (Wildman–Crippen MR) is 68.2 cm³/mol. The zero-order chi connectivity index (χ0) is 11.4. The smallest absolute Gasteiger partial charge is 0.131 e. The Bertz CT molecular complexity index is 337. The van der Waals surface area contributed by atoms with Crippen LogP contribution in [0.5, 0.6) is 0 Å². The number of likely N-dealkylation sites (tertiary alicyclic amines) is 1. The standard InChI is InChI=1S/C12H18ClN3/c1-15(9-10-16-7-2-3-8-16)12-6-4-5-11(13)14-12/h4-6H,2-3,7-10H2,1H3. The van der Waals surface area contributed by atoms with E-state index in [0.717, 1.165) is 18.9 Å². The molecule has 0 radical (unpaired) electrons. The molecule has 16 heavy (non-hydrogen) atoms. The summed E-state index contributed by atoms with van der Waals surface area (Å²) in [6.07, 6.45) is 2.69. The lowest BCUT2D eigenvalue weighted by Gasteiger charge is -2.22. The van der Waals surface area contributed by atoms with Crippen LogP contribution in [0, 0.1) is 0 Å². The molecule has 4 heteroatoms. The quantitative estimate of drug-likeness (QED) is 0.752. The number of halogens is 1. The minimum Gasteiger partial charge on any atom is -0.358 e. The van der Waals surface area contributed by atoms with E-state index in [1.165, 1.54) is 25.9 Å². The molecule has 3 nitrogen and oxygen atoms in total. The van der Waals surface area contributed by atoms with Gasteiger partial charge in [0.15, 0.2) is 0 Å². The lowest BCUT2D eigenvalue weighted by Crippen LogP contribution is -2.31. The second-order valence-electron chi connectivity index (χ2n) is 4.29. The Kier molecular flexibility index (Phi) is 4.02. The van der Waals surface area contributed by atoms with Gasteiger partial charge in [0.1, 0.15) is 11.0 Å². The van der Waals surface area contributed by atoms with E-state index in [9.17, 15) is 0 Å². The van der Waals surface area contributed by atoms with E-state index in [0.29, 0.717) is 5.15 Å². The number of aromatic nitrogens is 1. The van der Waals surface area contributed by atoms with Gasteiger partial charge in [-0.2, -0.15) is 0 Å². The molecular weight excluding hydrogens is 222 g/mol. The van der Waals surface area contributed by atoms with Crippen molar-refractivity contribution >= 4 is 17.4 Å². The molecule has 1 aromatic rings. The first-order valence-corrected chi connectivity index (χ1v) is 6.19. The molecule has 0 saturated carbocycles. The highest BCUT2D eigenvalue weighted by Crippen LogP contribution is 2.13. The summed E-state index contributed by atoms with van der Waals surface area (Å²) in [6, 6.07) is 5.74. The maximum absolute atomic E-state index is 5.87. The molecule has 1 saturated heterocycles. The van der Waals surface area contributed by atoms with Crippen LogP contribution in [-0.4, -0.2) is 43.1 Å². The van der Waals surface area contributed by atoms with E-state index < -0.39 is 0 Å². The van der Waals surface area contributed by atoms with Crippen molar-refractivity contribution in [1.29, 1.82) is 0 Å². The number of likely N-dealkylation sites (N-methyl/N-ethyl adjacent to an activating group) is 1. The topological polar surface area (TPSA) is 19.4 Å². The van der Waals surface area contributed by atoms with Gasteiger partial charge in [0.25, 0.3) is 0 Å². The lowest BCUT2D eigenvalue weighted by atomic mass is 10.4. The molecule has 1 aliphatic rings. The third-order valence-electron chi connectivity index (χ3n) is 3.04. The molecule has 88 valence electrons. The fraction of sp³-hybridized carbons (Fsp3) is 0.583. The minimum atomic E-state index is 0.561. The summed E-state index contributed by atoms with van der Waals surface area (Å²) in [4.78, 5) is 8.95. The Morgan fingerprint density at radius 3 is 2.81 bits per heavy atom. The van der Waals surface area contributed by atoms with Crippen LogP contribution in [0.15, 0.2) is 18.2 Å². The minimum absolute atomic E-state index is 0.561. The number of nitrogens with zero attached hydrogens (tertiary/aromatic N) is 3. The summed E-state index contributed by atoms with van der Waals surface area (Å²) < 4.78 is 0. The fourth-order valence-electron chi connectivity index (χ4n) is 2.02. The summed E-state index contributed by atoms with van der Waals surface area (Å²) in [6.45, 7) is 4.62. The Balaban J connectivity index is 1.85. The van der Waals surface area contributed by atoms with Crippen molar-refractivity contribution in [3.05, 3.63) is 23.4 Å². The Labute approximate surface area is 102 Å². The third-order valence-corrected chi connectivity index (χ3v) is 3.25. The average molecular weight is 240 g/mol. The maximum atomic E-state index is 5.87. The number of pyridine rings is 1. The molecular formula is C12H18ClN3.